The summed E-state index contributed by atoms with van der Waals surface area (Å²) in [7, 11) is 0. The number of fused-ring (bicyclic) bond motifs is 5. The Bertz CT molecular complexity index is 837. The minimum Gasteiger partial charge on any atom is -0.449 e. The molecule has 38 heavy (non-hydrogen) atoms. The van der Waals surface area contributed by atoms with Crippen molar-refractivity contribution in [1.29, 1.82) is 0 Å². The molecule has 1 aliphatic heterocycles. The molecule has 0 bridgehead atoms. The van der Waals surface area contributed by atoms with Crippen LogP contribution in [0, 0.1) is 52.3 Å². The highest BCUT2D eigenvalue weighted by Crippen LogP contribution is 2.69. The number of likely N-dealkylation sites (tertiary alicyclic amines) is 1. The highest BCUT2D eigenvalue weighted by Gasteiger charge is 2.64. The van der Waals surface area contributed by atoms with Crippen LogP contribution < -0.4 is 0 Å². The maximum absolute atomic E-state index is 12.7. The molecule has 1 saturated heterocycles. The van der Waals surface area contributed by atoms with Gasteiger partial charge in [-0.25, -0.2) is 4.79 Å². The SMILES string of the molecule is CC[C@H]1[C@@H](O)C2[C@@H]3CC[C@H]([C@H](C)CCOC(=O)N4CCCCC4CO)C3(C)CC[C@@H]2C2(C)CC[C@@H](O)C[C@@H]12. The molecular formula is C32H55NO5. The van der Waals surface area contributed by atoms with Crippen LogP contribution in [-0.2, 0) is 4.74 Å². The summed E-state index contributed by atoms with van der Waals surface area (Å²) in [5.74, 6) is 3.30. The third-order valence-corrected chi connectivity index (χ3v) is 13.0. The van der Waals surface area contributed by atoms with E-state index in [1.165, 1.54) is 25.7 Å². The maximum atomic E-state index is 12.7. The maximum Gasteiger partial charge on any atom is 0.410 e. The first-order valence-electron chi connectivity index (χ1n) is 16.1. The zero-order valence-corrected chi connectivity index (χ0v) is 24.5. The van der Waals surface area contributed by atoms with Crippen LogP contribution in [-0.4, -0.2) is 64.3 Å². The van der Waals surface area contributed by atoms with E-state index in [-0.39, 0.29) is 41.8 Å². The van der Waals surface area contributed by atoms with Gasteiger partial charge < -0.3 is 25.0 Å². The molecule has 3 N–H and O–H groups in total. The predicted octanol–water partition coefficient (Wildman–Crippen LogP) is 5.62. The highest BCUT2D eigenvalue weighted by atomic mass is 16.6. The Morgan fingerprint density at radius 1 is 1.00 bits per heavy atom. The number of rotatable bonds is 6. The standard InChI is InChI=1S/C32H55NO5/c1-5-23-27-18-22(35)11-14-32(27,4)26-12-15-31(3)24(9-10-25(31)28(26)29(23)36)20(2)13-17-38-30(37)33-16-7-6-8-21(33)19-34/h20-29,34-36H,5-19H2,1-4H3/t20-,21?,22-,23-,24-,25+,26+,27+,28?,29-,31?,32?/m1/s1. The van der Waals surface area contributed by atoms with Crippen molar-refractivity contribution >= 4 is 6.09 Å². The number of carbonyl (C=O) groups excluding carboxylic acids is 1. The Morgan fingerprint density at radius 3 is 2.47 bits per heavy atom. The fraction of sp³-hybridized carbons (Fsp3) is 0.969. The van der Waals surface area contributed by atoms with Crippen molar-refractivity contribution in [2.75, 3.05) is 19.8 Å². The fourth-order valence-corrected chi connectivity index (χ4v) is 11.0. The summed E-state index contributed by atoms with van der Waals surface area (Å²) in [5, 5.41) is 32.1. The Kier molecular flexibility index (Phi) is 8.45. The van der Waals surface area contributed by atoms with Crippen LogP contribution in [0.15, 0.2) is 0 Å². The molecule has 0 aromatic carbocycles. The topological polar surface area (TPSA) is 90.2 Å². The average Bonchev–Trinajstić information content (AvgIpc) is 3.27. The number of piperidine rings is 1. The number of amides is 1. The number of aliphatic hydroxyl groups excluding tert-OH is 3. The van der Waals surface area contributed by atoms with Gasteiger partial charge in [-0.15, -0.1) is 0 Å². The van der Waals surface area contributed by atoms with E-state index < -0.39 is 0 Å². The van der Waals surface area contributed by atoms with Crippen molar-refractivity contribution in [2.45, 2.75) is 123 Å². The third-order valence-electron chi connectivity index (χ3n) is 13.0. The number of carbonyl (C=O) groups is 1. The summed E-state index contributed by atoms with van der Waals surface area (Å²) in [5.41, 5.74) is 0.472. The van der Waals surface area contributed by atoms with Crippen molar-refractivity contribution in [3.63, 3.8) is 0 Å². The molecule has 0 aromatic heterocycles. The molecule has 6 heteroatoms. The lowest BCUT2D eigenvalue weighted by molar-refractivity contribution is -0.203. The van der Waals surface area contributed by atoms with Crippen molar-refractivity contribution in [2.24, 2.45) is 52.3 Å². The Hall–Kier alpha value is -0.850. The smallest absolute Gasteiger partial charge is 0.410 e. The molecule has 0 spiro atoms. The van der Waals surface area contributed by atoms with Crippen molar-refractivity contribution in [3.05, 3.63) is 0 Å². The molecule has 0 aromatic rings. The molecule has 5 fully saturated rings. The lowest BCUT2D eigenvalue weighted by Crippen LogP contribution is -2.62. The van der Waals surface area contributed by atoms with Gasteiger partial charge in [0.25, 0.3) is 0 Å². The molecule has 218 valence electrons. The Balaban J connectivity index is 1.24. The molecule has 1 amide bonds. The minimum atomic E-state index is -0.261. The lowest BCUT2D eigenvalue weighted by Gasteiger charge is -2.64. The third kappa shape index (κ3) is 4.72. The highest BCUT2D eigenvalue weighted by molar-refractivity contribution is 5.68. The molecule has 1 heterocycles. The van der Waals surface area contributed by atoms with Gasteiger partial charge in [0, 0.05) is 6.54 Å². The normalized spacial score (nSPS) is 47.6. The van der Waals surface area contributed by atoms with Crippen molar-refractivity contribution < 1.29 is 24.9 Å². The van der Waals surface area contributed by atoms with Crippen LogP contribution in [0.4, 0.5) is 4.79 Å². The summed E-state index contributed by atoms with van der Waals surface area (Å²) in [4.78, 5) is 14.5. The Morgan fingerprint density at radius 2 is 1.74 bits per heavy atom. The van der Waals surface area contributed by atoms with E-state index in [1.807, 2.05) is 0 Å². The molecule has 4 saturated carbocycles. The average molecular weight is 534 g/mol. The van der Waals surface area contributed by atoms with Crippen LogP contribution in [0.25, 0.3) is 0 Å². The molecule has 12 atom stereocenters. The van der Waals surface area contributed by atoms with E-state index in [2.05, 4.69) is 27.7 Å². The molecular weight excluding hydrogens is 478 g/mol. The van der Waals surface area contributed by atoms with E-state index in [4.69, 9.17) is 4.74 Å². The molecule has 0 radical (unpaired) electrons. The molecule has 5 rings (SSSR count). The summed E-state index contributed by atoms with van der Waals surface area (Å²) < 4.78 is 5.74. The second kappa shape index (κ2) is 11.2. The van der Waals surface area contributed by atoms with Gasteiger partial charge in [-0.3, -0.25) is 0 Å². The summed E-state index contributed by atoms with van der Waals surface area (Å²) in [6.45, 7) is 10.8. The van der Waals surface area contributed by atoms with E-state index in [9.17, 15) is 20.1 Å². The van der Waals surface area contributed by atoms with Crippen molar-refractivity contribution in [1.82, 2.24) is 4.90 Å². The van der Waals surface area contributed by atoms with Crippen LogP contribution in [0.3, 0.4) is 0 Å². The number of hydrogen-bond acceptors (Lipinski definition) is 5. The van der Waals surface area contributed by atoms with Gasteiger partial charge in [-0.05, 0) is 123 Å². The van der Waals surface area contributed by atoms with Crippen LogP contribution >= 0.6 is 0 Å². The molecule has 6 nitrogen and oxygen atoms in total. The number of hydrogen-bond donors (Lipinski definition) is 3. The minimum absolute atomic E-state index is 0.0145. The van der Waals surface area contributed by atoms with E-state index in [1.54, 1.807) is 4.90 Å². The lowest BCUT2D eigenvalue weighted by atomic mass is 9.41. The van der Waals surface area contributed by atoms with Crippen LogP contribution in [0.5, 0.6) is 0 Å². The van der Waals surface area contributed by atoms with E-state index in [0.717, 1.165) is 51.4 Å². The van der Waals surface area contributed by atoms with Gasteiger partial charge in [-0.2, -0.15) is 0 Å². The number of aliphatic hydroxyl groups is 3. The predicted molar refractivity (Wildman–Crippen MR) is 148 cm³/mol. The van der Waals surface area contributed by atoms with Crippen molar-refractivity contribution in [3.8, 4) is 0 Å². The molecule has 5 aliphatic rings. The van der Waals surface area contributed by atoms with Gasteiger partial charge in [-0.1, -0.05) is 34.1 Å². The van der Waals surface area contributed by atoms with Gasteiger partial charge in [0.2, 0.25) is 0 Å². The fourth-order valence-electron chi connectivity index (χ4n) is 11.0. The van der Waals surface area contributed by atoms with Gasteiger partial charge in [0.15, 0.2) is 0 Å². The second-order valence-electron chi connectivity index (χ2n) is 14.5. The second-order valence-corrected chi connectivity index (χ2v) is 14.5. The molecule has 4 unspecified atom stereocenters. The largest absolute Gasteiger partial charge is 0.449 e. The van der Waals surface area contributed by atoms with Crippen LogP contribution in [0.2, 0.25) is 0 Å². The van der Waals surface area contributed by atoms with Gasteiger partial charge in [0.05, 0.1) is 31.5 Å². The monoisotopic (exact) mass is 533 g/mol. The first-order valence-corrected chi connectivity index (χ1v) is 16.1. The zero-order valence-electron chi connectivity index (χ0n) is 24.5. The number of nitrogens with zero attached hydrogens (tertiary/aromatic N) is 1. The molecule has 4 aliphatic carbocycles. The summed E-state index contributed by atoms with van der Waals surface area (Å²) >= 11 is 0. The first-order chi connectivity index (χ1) is 18.2. The zero-order chi connectivity index (χ0) is 27.2. The summed E-state index contributed by atoms with van der Waals surface area (Å²) in [6.07, 6.45) is 11.8. The van der Waals surface area contributed by atoms with E-state index >= 15 is 0 Å². The van der Waals surface area contributed by atoms with Gasteiger partial charge >= 0.3 is 6.09 Å². The number of ether oxygens (including phenoxy) is 1. The Labute approximate surface area is 230 Å². The summed E-state index contributed by atoms with van der Waals surface area (Å²) in [6, 6.07) is -0.0962. The van der Waals surface area contributed by atoms with Crippen LogP contribution in [0.1, 0.15) is 105 Å². The van der Waals surface area contributed by atoms with Gasteiger partial charge in [0.1, 0.15) is 0 Å². The first kappa shape index (κ1) is 28.7. The quantitative estimate of drug-likeness (QED) is 0.412. The van der Waals surface area contributed by atoms with E-state index in [0.29, 0.717) is 54.6 Å².